The van der Waals surface area contributed by atoms with Gasteiger partial charge in [-0.2, -0.15) is 0 Å². The van der Waals surface area contributed by atoms with Crippen LogP contribution in [0.3, 0.4) is 0 Å². The van der Waals surface area contributed by atoms with E-state index < -0.39 is 22.4 Å². The van der Waals surface area contributed by atoms with Gasteiger partial charge in [0.25, 0.3) is 17.2 Å². The number of nitro groups is 1. The summed E-state index contributed by atoms with van der Waals surface area (Å²) in [5, 5.41) is 15.2. The van der Waals surface area contributed by atoms with Crippen LogP contribution < -0.4 is 34.4 Å². The van der Waals surface area contributed by atoms with Crippen molar-refractivity contribution in [3.8, 4) is 17.2 Å². The lowest BCUT2D eigenvalue weighted by Gasteiger charge is -2.25. The first-order valence-corrected chi connectivity index (χ1v) is 15.6. The SMILES string of the molecule is COc1cccc([C@@H]2C(C(=O)Nc3ccccc3)=C(C)N=c3s/c(=C\c4cc(OC)c(OCc5ccccc5)cc4[N+](=O)[O-])c(=O)n32)c1. The van der Waals surface area contributed by atoms with Gasteiger partial charge < -0.3 is 19.5 Å². The molecule has 48 heavy (non-hydrogen) atoms. The molecule has 0 saturated carbocycles. The third kappa shape index (κ3) is 6.46. The van der Waals surface area contributed by atoms with E-state index in [9.17, 15) is 19.7 Å². The number of ether oxygens (including phenoxy) is 3. The first-order valence-electron chi connectivity index (χ1n) is 14.8. The Morgan fingerprint density at radius 3 is 2.40 bits per heavy atom. The van der Waals surface area contributed by atoms with Crippen molar-refractivity contribution in [1.29, 1.82) is 0 Å². The standard InChI is InChI=1S/C36H30N4O7S/c1-22-32(34(41)38-26-14-8-5-9-15-26)33(24-13-10-16-27(17-24)45-2)39-35(42)31(48-36(39)37-22)19-25-18-29(46-3)30(20-28(25)40(43)44)47-21-23-11-6-4-7-12-23/h4-20,33H,21H2,1-3H3,(H,38,41)/b31-19-/t33-/m1/s1. The van der Waals surface area contributed by atoms with Crippen molar-refractivity contribution in [2.45, 2.75) is 19.6 Å². The van der Waals surface area contributed by atoms with Gasteiger partial charge >= 0.3 is 0 Å². The van der Waals surface area contributed by atoms with Crippen LogP contribution in [-0.2, 0) is 11.4 Å². The van der Waals surface area contributed by atoms with Gasteiger partial charge in [0.05, 0.1) is 52.6 Å². The van der Waals surface area contributed by atoms with Crippen LogP contribution in [0.15, 0.2) is 118 Å². The largest absolute Gasteiger partial charge is 0.497 e. The number of anilines is 1. The topological polar surface area (TPSA) is 134 Å². The predicted octanol–water partition coefficient (Wildman–Crippen LogP) is 5.38. The summed E-state index contributed by atoms with van der Waals surface area (Å²) in [6.07, 6.45) is 1.44. The van der Waals surface area contributed by atoms with Crippen LogP contribution in [-0.4, -0.2) is 29.6 Å². The van der Waals surface area contributed by atoms with E-state index in [1.165, 1.54) is 37.0 Å². The Labute approximate surface area is 278 Å². The lowest BCUT2D eigenvalue weighted by Crippen LogP contribution is -2.40. The number of methoxy groups -OCH3 is 2. The number of para-hydroxylation sites is 1. The van der Waals surface area contributed by atoms with Gasteiger partial charge in [-0.25, -0.2) is 4.99 Å². The summed E-state index contributed by atoms with van der Waals surface area (Å²) in [6.45, 7) is 1.89. The molecule has 0 bridgehead atoms. The van der Waals surface area contributed by atoms with E-state index in [1.54, 1.807) is 49.4 Å². The number of carbonyl (C=O) groups is 1. The van der Waals surface area contributed by atoms with E-state index in [2.05, 4.69) is 10.3 Å². The molecule has 4 aromatic carbocycles. The van der Waals surface area contributed by atoms with Crippen LogP contribution in [0.2, 0.25) is 0 Å². The van der Waals surface area contributed by atoms with Crippen LogP contribution in [0.5, 0.6) is 17.2 Å². The molecule has 0 fully saturated rings. The smallest absolute Gasteiger partial charge is 0.280 e. The zero-order chi connectivity index (χ0) is 33.8. The van der Waals surface area contributed by atoms with Crippen LogP contribution in [0.1, 0.15) is 29.7 Å². The minimum atomic E-state index is -0.861. The molecule has 0 saturated heterocycles. The minimum absolute atomic E-state index is 0.143. The van der Waals surface area contributed by atoms with Crippen molar-refractivity contribution in [1.82, 2.24) is 4.57 Å². The van der Waals surface area contributed by atoms with Crippen molar-refractivity contribution in [3.63, 3.8) is 0 Å². The van der Waals surface area contributed by atoms with Crippen LogP contribution in [0.25, 0.3) is 6.08 Å². The van der Waals surface area contributed by atoms with Gasteiger partial charge in [-0.3, -0.25) is 24.3 Å². The molecule has 11 nitrogen and oxygen atoms in total. The normalized spacial score (nSPS) is 14.1. The lowest BCUT2D eigenvalue weighted by atomic mass is 9.95. The predicted molar refractivity (Wildman–Crippen MR) is 182 cm³/mol. The number of aromatic nitrogens is 1. The molecule has 1 aliphatic rings. The van der Waals surface area contributed by atoms with Gasteiger partial charge in [0.2, 0.25) is 0 Å². The second-order valence-electron chi connectivity index (χ2n) is 10.8. The van der Waals surface area contributed by atoms with E-state index in [-0.39, 0.29) is 39.5 Å². The zero-order valence-corrected chi connectivity index (χ0v) is 27.0. The Bertz CT molecular complexity index is 2230. The minimum Gasteiger partial charge on any atom is -0.497 e. The number of hydrogen-bond acceptors (Lipinski definition) is 9. The Hall–Kier alpha value is -6.01. The van der Waals surface area contributed by atoms with Crippen molar-refractivity contribution in [2.24, 2.45) is 4.99 Å². The highest BCUT2D eigenvalue weighted by molar-refractivity contribution is 7.07. The van der Waals surface area contributed by atoms with Gasteiger partial charge in [0.15, 0.2) is 16.3 Å². The summed E-state index contributed by atoms with van der Waals surface area (Å²) in [7, 11) is 2.97. The van der Waals surface area contributed by atoms with E-state index in [0.717, 1.165) is 16.9 Å². The van der Waals surface area contributed by atoms with Crippen LogP contribution in [0.4, 0.5) is 11.4 Å². The lowest BCUT2D eigenvalue weighted by molar-refractivity contribution is -0.385. The highest BCUT2D eigenvalue weighted by Gasteiger charge is 2.33. The van der Waals surface area contributed by atoms with Gasteiger partial charge in [0, 0.05) is 5.69 Å². The summed E-state index contributed by atoms with van der Waals surface area (Å²) in [5.41, 5.74) is 2.20. The van der Waals surface area contributed by atoms with Crippen LogP contribution >= 0.6 is 11.3 Å². The summed E-state index contributed by atoms with van der Waals surface area (Å²) >= 11 is 1.07. The molecule has 6 rings (SSSR count). The molecule has 0 unspecified atom stereocenters. The number of amides is 1. The Morgan fingerprint density at radius 2 is 1.71 bits per heavy atom. The zero-order valence-electron chi connectivity index (χ0n) is 26.2. The first-order chi connectivity index (χ1) is 23.3. The highest BCUT2D eigenvalue weighted by Crippen LogP contribution is 2.36. The fourth-order valence-corrected chi connectivity index (χ4v) is 6.48. The highest BCUT2D eigenvalue weighted by atomic mass is 32.1. The third-order valence-corrected chi connectivity index (χ3v) is 8.72. The summed E-state index contributed by atoms with van der Waals surface area (Å²) in [5.74, 6) is 0.579. The van der Waals surface area contributed by atoms with Gasteiger partial charge in [-0.1, -0.05) is 72.0 Å². The van der Waals surface area contributed by atoms with Crippen molar-refractivity contribution < 1.29 is 23.9 Å². The Kier molecular flexibility index (Phi) is 9.17. The number of nitro benzene ring substituents is 1. The molecule has 0 radical (unpaired) electrons. The van der Waals surface area contributed by atoms with Gasteiger partial charge in [-0.05, 0) is 54.5 Å². The molecule has 1 amide bonds. The summed E-state index contributed by atoms with van der Waals surface area (Å²) < 4.78 is 18.5. The van der Waals surface area contributed by atoms with Gasteiger partial charge in [-0.15, -0.1) is 0 Å². The van der Waals surface area contributed by atoms with Crippen molar-refractivity contribution in [3.05, 3.63) is 155 Å². The molecule has 1 aromatic heterocycles. The maximum Gasteiger partial charge on any atom is 0.280 e. The molecule has 5 aromatic rings. The number of rotatable bonds is 10. The molecule has 2 heterocycles. The number of nitrogens with one attached hydrogen (secondary N) is 1. The second-order valence-corrected chi connectivity index (χ2v) is 11.8. The second kappa shape index (κ2) is 13.8. The number of hydrogen-bond donors (Lipinski definition) is 1. The summed E-state index contributed by atoms with van der Waals surface area (Å²) in [6, 6.07) is 27.4. The fraction of sp³-hybridized carbons (Fsp3) is 0.139. The van der Waals surface area contributed by atoms with Crippen LogP contribution in [0, 0.1) is 10.1 Å². The number of carbonyl (C=O) groups excluding carboxylic acids is 1. The molecule has 242 valence electrons. The quantitative estimate of drug-likeness (QED) is 0.157. The van der Waals surface area contributed by atoms with Gasteiger partial charge in [0.1, 0.15) is 12.4 Å². The average molecular weight is 663 g/mol. The molecule has 1 aliphatic heterocycles. The third-order valence-electron chi connectivity index (χ3n) is 7.74. The molecule has 0 spiro atoms. The Morgan fingerprint density at radius 1 is 0.979 bits per heavy atom. The molecular formula is C36H30N4O7S. The summed E-state index contributed by atoms with van der Waals surface area (Å²) in [4.78, 5) is 44.8. The van der Waals surface area contributed by atoms with E-state index in [1.807, 2.05) is 42.5 Å². The molecule has 12 heteroatoms. The molecular weight excluding hydrogens is 632 g/mol. The molecule has 0 aliphatic carbocycles. The first kappa shape index (κ1) is 32.0. The maximum atomic E-state index is 14.2. The van der Waals surface area contributed by atoms with E-state index in [0.29, 0.717) is 27.5 Å². The number of allylic oxidation sites excluding steroid dienone is 1. The van der Waals surface area contributed by atoms with E-state index in [4.69, 9.17) is 14.2 Å². The molecule has 1 N–H and O–H groups in total. The number of thiazole rings is 1. The fourth-order valence-electron chi connectivity index (χ4n) is 5.45. The van der Waals surface area contributed by atoms with Crippen molar-refractivity contribution >= 4 is 34.7 Å². The Balaban J connectivity index is 1.47. The number of fused-ring (bicyclic) bond motifs is 1. The van der Waals surface area contributed by atoms with E-state index >= 15 is 0 Å². The number of benzene rings is 4. The average Bonchev–Trinajstić information content (AvgIpc) is 3.40. The maximum absolute atomic E-state index is 14.2. The number of nitrogens with zero attached hydrogens (tertiary/aromatic N) is 3. The monoisotopic (exact) mass is 662 g/mol. The van der Waals surface area contributed by atoms with Crippen molar-refractivity contribution in [2.75, 3.05) is 19.5 Å². The molecule has 1 atom stereocenters.